The zero-order valence-electron chi connectivity index (χ0n) is 3.11. The van der Waals surface area contributed by atoms with Crippen molar-refractivity contribution in [1.29, 1.82) is 0 Å². The van der Waals surface area contributed by atoms with E-state index in [0.717, 1.165) is 0 Å². The third kappa shape index (κ3) is 47.3. The van der Waals surface area contributed by atoms with Crippen LogP contribution in [0.2, 0.25) is 0 Å². The predicted octanol–water partition coefficient (Wildman–Crippen LogP) is -1.73. The molecule has 0 aliphatic carbocycles. The average molecular weight is 344 g/mol. The number of rotatable bonds is 0. The van der Waals surface area contributed by atoms with Crippen molar-refractivity contribution in [2.45, 2.75) is 0 Å². The van der Waals surface area contributed by atoms with Gasteiger partial charge < -0.3 is 67.5 Å². The fraction of sp³-hybridized carbons (Fsp3) is 0. The van der Waals surface area contributed by atoms with Gasteiger partial charge in [-0.3, -0.25) is 0 Å². The summed E-state index contributed by atoms with van der Waals surface area (Å²) in [5.74, 6) is 0. The van der Waals surface area contributed by atoms with Crippen LogP contribution in [-0.4, -0.2) is 25.8 Å². The molecule has 0 amide bonds. The van der Waals surface area contributed by atoms with E-state index < -0.39 is 0 Å². The van der Waals surface area contributed by atoms with Crippen molar-refractivity contribution in [3.8, 4) is 0 Å². The van der Waals surface area contributed by atoms with E-state index in [1.807, 2.05) is 0 Å². The van der Waals surface area contributed by atoms with Gasteiger partial charge in [0, 0.05) is 0 Å². The van der Waals surface area contributed by atoms with Gasteiger partial charge in [0.05, 0.1) is 0 Å². The second-order valence-corrected chi connectivity index (χ2v) is 0. The van der Waals surface area contributed by atoms with E-state index in [1.54, 1.807) is 0 Å². The smallest absolute Gasteiger partial charge is 0.813 e. The molecule has 0 rings (SSSR count). The standard InChI is InChI=1S/Cu.In.5H2S/h;;5*1H2/q+2;+3;;;;;/p-5. The SMILES string of the molecule is [Cu+2].[In+3].[SH-].[SH-].[SH-].[SH-].[SH-]. The maximum atomic E-state index is 0. The van der Waals surface area contributed by atoms with E-state index in [4.69, 9.17) is 0 Å². The first-order valence-electron chi connectivity index (χ1n) is 0. The van der Waals surface area contributed by atoms with Gasteiger partial charge >= 0.3 is 42.9 Å². The number of hydrogen-bond acceptors (Lipinski definition) is 5. The molecular weight excluding hydrogens is 339 g/mol. The van der Waals surface area contributed by atoms with Gasteiger partial charge in [-0.2, -0.15) is 0 Å². The van der Waals surface area contributed by atoms with Gasteiger partial charge in [-0.1, -0.05) is 0 Å². The van der Waals surface area contributed by atoms with Gasteiger partial charge in [0.25, 0.3) is 0 Å². The van der Waals surface area contributed by atoms with Crippen LogP contribution in [0.15, 0.2) is 0 Å². The summed E-state index contributed by atoms with van der Waals surface area (Å²) in [6, 6.07) is 0. The third-order valence-electron chi connectivity index (χ3n) is 0. The largest absolute Gasteiger partial charge is 3.00 e. The molecule has 0 N–H and O–H groups in total. The topological polar surface area (TPSA) is 0 Å². The Morgan fingerprint density at radius 3 is 0.429 bits per heavy atom. The van der Waals surface area contributed by atoms with E-state index in [-0.39, 0.29) is 110 Å². The molecule has 0 nitrogen and oxygen atoms in total. The predicted molar refractivity (Wildman–Crippen MR) is 49.6 cm³/mol. The monoisotopic (exact) mass is 343 g/mol. The Bertz CT molecular complexity index is 8.04. The van der Waals surface area contributed by atoms with Crippen LogP contribution >= 0.6 is 0 Å². The zero-order chi connectivity index (χ0) is 0. The maximum Gasteiger partial charge on any atom is 3.00 e. The summed E-state index contributed by atoms with van der Waals surface area (Å²) in [5.41, 5.74) is 0. The molecule has 0 saturated heterocycles. The molecule has 49 valence electrons. The minimum absolute atomic E-state index is 0. The molecular formula is H5CuInS5. The van der Waals surface area contributed by atoms with Crippen LogP contribution in [0.1, 0.15) is 0 Å². The summed E-state index contributed by atoms with van der Waals surface area (Å²) < 4.78 is 0. The van der Waals surface area contributed by atoms with Crippen LogP contribution in [0.25, 0.3) is 0 Å². The molecule has 0 heterocycles. The minimum atomic E-state index is 0. The third-order valence-corrected chi connectivity index (χ3v) is 0. The van der Waals surface area contributed by atoms with Crippen molar-refractivity contribution < 1.29 is 17.1 Å². The van der Waals surface area contributed by atoms with E-state index in [2.05, 4.69) is 0 Å². The first kappa shape index (κ1) is 85.9. The molecule has 0 aromatic heterocycles. The first-order chi connectivity index (χ1) is 0. The Kier molecular flexibility index (Phi) is 754. The van der Waals surface area contributed by atoms with Crippen molar-refractivity contribution in [1.82, 2.24) is 0 Å². The van der Waals surface area contributed by atoms with Gasteiger partial charge in [-0.25, -0.2) is 0 Å². The Morgan fingerprint density at radius 1 is 0.429 bits per heavy atom. The number of hydrogen-bond donors (Lipinski definition) is 0. The molecule has 1 radical (unpaired) electrons. The van der Waals surface area contributed by atoms with Crippen LogP contribution in [0.3, 0.4) is 0 Å². The van der Waals surface area contributed by atoms with Crippen molar-refractivity contribution in [3.63, 3.8) is 0 Å². The second kappa shape index (κ2) is 61.4. The summed E-state index contributed by atoms with van der Waals surface area (Å²) in [5, 5.41) is 0. The normalized spacial score (nSPS) is 0. The molecule has 0 aromatic rings. The fourth-order valence-electron chi connectivity index (χ4n) is 0. The fourth-order valence-corrected chi connectivity index (χ4v) is 0. The summed E-state index contributed by atoms with van der Waals surface area (Å²) in [4.78, 5) is 0. The quantitative estimate of drug-likeness (QED) is 0.290. The van der Waals surface area contributed by atoms with Gasteiger partial charge in [0.1, 0.15) is 0 Å². The number of thiol groups is 5. The summed E-state index contributed by atoms with van der Waals surface area (Å²) in [6.45, 7) is 0. The molecule has 0 saturated carbocycles. The molecule has 0 bridgehead atoms. The van der Waals surface area contributed by atoms with Gasteiger partial charge in [0.15, 0.2) is 0 Å². The van der Waals surface area contributed by atoms with Gasteiger partial charge in [-0.15, -0.1) is 0 Å². The van der Waals surface area contributed by atoms with E-state index in [9.17, 15) is 0 Å². The zero-order valence-corrected chi connectivity index (χ0v) is 11.8. The molecule has 0 fully saturated rings. The second-order valence-electron chi connectivity index (χ2n) is 0. The minimum Gasteiger partial charge on any atom is -0.813 e. The van der Waals surface area contributed by atoms with Crippen molar-refractivity contribution in [2.24, 2.45) is 0 Å². The van der Waals surface area contributed by atoms with E-state index >= 15 is 0 Å². The summed E-state index contributed by atoms with van der Waals surface area (Å²) in [7, 11) is 0. The Balaban J connectivity index is 0. The molecule has 0 aliphatic heterocycles. The van der Waals surface area contributed by atoms with Crippen molar-refractivity contribution in [2.75, 3.05) is 0 Å². The van der Waals surface area contributed by atoms with E-state index in [0.29, 0.717) is 0 Å². The van der Waals surface area contributed by atoms with Crippen molar-refractivity contribution >= 4 is 93.3 Å². The molecule has 0 aliphatic rings. The molecule has 0 unspecified atom stereocenters. The Morgan fingerprint density at radius 2 is 0.429 bits per heavy atom. The first-order valence-corrected chi connectivity index (χ1v) is 0. The molecule has 7 heavy (non-hydrogen) atoms. The molecule has 0 atom stereocenters. The van der Waals surface area contributed by atoms with Crippen LogP contribution in [0, 0.1) is 0 Å². The molecule has 0 spiro atoms. The Labute approximate surface area is 109 Å². The Hall–Kier alpha value is 3.14. The average Bonchev–Trinajstić information content (AvgIpc) is 0. The maximum absolute atomic E-state index is 0. The van der Waals surface area contributed by atoms with Crippen LogP contribution in [0.4, 0.5) is 0 Å². The van der Waals surface area contributed by atoms with Gasteiger partial charge in [0.2, 0.25) is 0 Å². The van der Waals surface area contributed by atoms with Crippen LogP contribution in [0.5, 0.6) is 0 Å². The van der Waals surface area contributed by atoms with Gasteiger partial charge in [-0.05, 0) is 0 Å². The summed E-state index contributed by atoms with van der Waals surface area (Å²) >= 11 is 0. The molecule has 7 heteroatoms. The van der Waals surface area contributed by atoms with Crippen molar-refractivity contribution in [3.05, 3.63) is 0 Å². The van der Waals surface area contributed by atoms with Crippen LogP contribution in [-0.2, 0) is 84.5 Å². The summed E-state index contributed by atoms with van der Waals surface area (Å²) in [6.07, 6.45) is 0. The van der Waals surface area contributed by atoms with Crippen LogP contribution < -0.4 is 0 Å². The van der Waals surface area contributed by atoms with E-state index in [1.165, 1.54) is 0 Å². The molecule has 0 aromatic carbocycles.